The predicted octanol–water partition coefficient (Wildman–Crippen LogP) is 0.454. The SMILES string of the molecule is CCC1CCCCCN1CC(N)C(N)=O. The minimum Gasteiger partial charge on any atom is -0.368 e. The van der Waals surface area contributed by atoms with Gasteiger partial charge in [-0.3, -0.25) is 9.69 Å². The van der Waals surface area contributed by atoms with Crippen molar-refractivity contribution in [2.24, 2.45) is 11.5 Å². The van der Waals surface area contributed by atoms with Gasteiger partial charge in [-0.25, -0.2) is 0 Å². The van der Waals surface area contributed by atoms with E-state index in [0.29, 0.717) is 12.6 Å². The van der Waals surface area contributed by atoms with Crippen molar-refractivity contribution in [3.05, 3.63) is 0 Å². The smallest absolute Gasteiger partial charge is 0.235 e. The summed E-state index contributed by atoms with van der Waals surface area (Å²) in [6, 6.07) is 0.0649. The van der Waals surface area contributed by atoms with E-state index in [1.165, 1.54) is 25.7 Å². The zero-order chi connectivity index (χ0) is 11.3. The summed E-state index contributed by atoms with van der Waals surface area (Å²) in [6.45, 7) is 3.87. The number of hydrogen-bond donors (Lipinski definition) is 2. The van der Waals surface area contributed by atoms with Gasteiger partial charge in [0.15, 0.2) is 0 Å². The van der Waals surface area contributed by atoms with Crippen LogP contribution in [0.15, 0.2) is 0 Å². The molecule has 0 aromatic carbocycles. The average Bonchev–Trinajstić information content (AvgIpc) is 2.42. The fourth-order valence-electron chi connectivity index (χ4n) is 2.28. The van der Waals surface area contributed by atoms with E-state index in [0.717, 1.165) is 13.0 Å². The van der Waals surface area contributed by atoms with Crippen molar-refractivity contribution in [3.63, 3.8) is 0 Å². The molecule has 0 radical (unpaired) electrons. The van der Waals surface area contributed by atoms with E-state index in [4.69, 9.17) is 11.5 Å². The van der Waals surface area contributed by atoms with Crippen LogP contribution in [0, 0.1) is 0 Å². The molecule has 1 fully saturated rings. The van der Waals surface area contributed by atoms with Gasteiger partial charge in [-0.05, 0) is 25.8 Å². The first-order valence-corrected chi connectivity index (χ1v) is 5.94. The number of carbonyl (C=O) groups is 1. The number of rotatable bonds is 4. The molecule has 0 aromatic rings. The molecule has 0 aliphatic carbocycles. The molecule has 1 amide bonds. The molecular weight excluding hydrogens is 190 g/mol. The lowest BCUT2D eigenvalue weighted by Gasteiger charge is -2.30. The Hall–Kier alpha value is -0.610. The van der Waals surface area contributed by atoms with Gasteiger partial charge in [0.25, 0.3) is 0 Å². The molecule has 88 valence electrons. The number of primary amides is 1. The molecule has 0 saturated carbocycles. The quantitative estimate of drug-likeness (QED) is 0.712. The standard InChI is InChI=1S/C11H23N3O/c1-2-9-6-4-3-5-7-14(9)8-10(12)11(13)15/h9-10H,2-8,12H2,1H3,(H2,13,15). The van der Waals surface area contributed by atoms with Crippen LogP contribution in [-0.2, 0) is 4.79 Å². The number of carbonyl (C=O) groups excluding carboxylic acids is 1. The third kappa shape index (κ3) is 3.80. The van der Waals surface area contributed by atoms with Gasteiger partial charge in [0, 0.05) is 12.6 Å². The van der Waals surface area contributed by atoms with E-state index >= 15 is 0 Å². The number of nitrogens with two attached hydrogens (primary N) is 2. The van der Waals surface area contributed by atoms with Crippen molar-refractivity contribution in [2.75, 3.05) is 13.1 Å². The molecule has 0 aromatic heterocycles. The van der Waals surface area contributed by atoms with Gasteiger partial charge in [-0.2, -0.15) is 0 Å². The third-order valence-electron chi connectivity index (χ3n) is 3.27. The summed E-state index contributed by atoms with van der Waals surface area (Å²) in [5.74, 6) is -0.394. The van der Waals surface area contributed by atoms with E-state index in [1.807, 2.05) is 0 Å². The lowest BCUT2D eigenvalue weighted by atomic mass is 10.1. The molecule has 1 aliphatic heterocycles. The van der Waals surface area contributed by atoms with Crippen LogP contribution < -0.4 is 11.5 Å². The Balaban J connectivity index is 2.51. The Labute approximate surface area is 92.0 Å². The number of nitrogens with zero attached hydrogens (tertiary/aromatic N) is 1. The van der Waals surface area contributed by atoms with Gasteiger partial charge in [0.05, 0.1) is 6.04 Å². The summed E-state index contributed by atoms with van der Waals surface area (Å²) >= 11 is 0. The molecule has 0 bridgehead atoms. The number of amides is 1. The highest BCUT2D eigenvalue weighted by molar-refractivity contribution is 5.79. The topological polar surface area (TPSA) is 72.3 Å². The largest absolute Gasteiger partial charge is 0.368 e. The second-order valence-electron chi connectivity index (χ2n) is 4.42. The van der Waals surface area contributed by atoms with Crippen molar-refractivity contribution in [1.29, 1.82) is 0 Å². The fraction of sp³-hybridized carbons (Fsp3) is 0.909. The summed E-state index contributed by atoms with van der Waals surface area (Å²) in [6.07, 6.45) is 6.15. The highest BCUT2D eigenvalue weighted by Gasteiger charge is 2.22. The van der Waals surface area contributed by atoms with Crippen molar-refractivity contribution in [2.45, 2.75) is 51.1 Å². The molecule has 2 atom stereocenters. The van der Waals surface area contributed by atoms with Crippen molar-refractivity contribution < 1.29 is 4.79 Å². The molecule has 4 nitrogen and oxygen atoms in total. The highest BCUT2D eigenvalue weighted by Crippen LogP contribution is 2.18. The summed E-state index contributed by atoms with van der Waals surface area (Å²) in [5, 5.41) is 0. The molecule has 4 N–H and O–H groups in total. The molecular formula is C11H23N3O. The van der Waals surface area contributed by atoms with Gasteiger partial charge in [0.1, 0.15) is 0 Å². The van der Waals surface area contributed by atoms with Crippen LogP contribution in [0.25, 0.3) is 0 Å². The second-order valence-corrected chi connectivity index (χ2v) is 4.42. The molecule has 1 rings (SSSR count). The Kier molecular flexibility index (Phi) is 5.05. The minimum absolute atomic E-state index is 0.394. The maximum Gasteiger partial charge on any atom is 0.235 e. The van der Waals surface area contributed by atoms with E-state index < -0.39 is 11.9 Å². The van der Waals surface area contributed by atoms with E-state index in [9.17, 15) is 4.79 Å². The Morgan fingerprint density at radius 1 is 1.47 bits per heavy atom. The number of hydrogen-bond acceptors (Lipinski definition) is 3. The minimum atomic E-state index is -0.517. The molecule has 2 unspecified atom stereocenters. The molecule has 1 saturated heterocycles. The highest BCUT2D eigenvalue weighted by atomic mass is 16.1. The van der Waals surface area contributed by atoms with Crippen LogP contribution >= 0.6 is 0 Å². The Morgan fingerprint density at radius 3 is 2.80 bits per heavy atom. The third-order valence-corrected chi connectivity index (χ3v) is 3.27. The van der Waals surface area contributed by atoms with Crippen molar-refractivity contribution in [3.8, 4) is 0 Å². The van der Waals surface area contributed by atoms with Gasteiger partial charge >= 0.3 is 0 Å². The zero-order valence-corrected chi connectivity index (χ0v) is 9.61. The van der Waals surface area contributed by atoms with Crippen molar-refractivity contribution >= 4 is 5.91 Å². The van der Waals surface area contributed by atoms with Crippen LogP contribution in [0.2, 0.25) is 0 Å². The molecule has 1 heterocycles. The Morgan fingerprint density at radius 2 is 2.20 bits per heavy atom. The number of likely N-dealkylation sites (tertiary alicyclic amines) is 1. The van der Waals surface area contributed by atoms with Crippen LogP contribution in [0.4, 0.5) is 0 Å². The first-order chi connectivity index (χ1) is 7.15. The maximum atomic E-state index is 10.9. The van der Waals surface area contributed by atoms with E-state index in [2.05, 4.69) is 11.8 Å². The van der Waals surface area contributed by atoms with Crippen LogP contribution in [0.3, 0.4) is 0 Å². The van der Waals surface area contributed by atoms with Crippen LogP contribution in [0.1, 0.15) is 39.0 Å². The molecule has 4 heteroatoms. The molecule has 1 aliphatic rings. The first kappa shape index (κ1) is 12.5. The Bertz CT molecular complexity index is 208. The van der Waals surface area contributed by atoms with Gasteiger partial charge < -0.3 is 11.5 Å². The summed E-state index contributed by atoms with van der Waals surface area (Å²) in [7, 11) is 0. The lowest BCUT2D eigenvalue weighted by molar-refractivity contribution is -0.119. The van der Waals surface area contributed by atoms with E-state index in [1.54, 1.807) is 0 Å². The zero-order valence-electron chi connectivity index (χ0n) is 9.61. The van der Waals surface area contributed by atoms with Crippen LogP contribution in [0.5, 0.6) is 0 Å². The lowest BCUT2D eigenvalue weighted by Crippen LogP contribution is -2.48. The van der Waals surface area contributed by atoms with E-state index in [-0.39, 0.29) is 0 Å². The summed E-state index contributed by atoms with van der Waals surface area (Å²) in [4.78, 5) is 13.3. The normalized spacial score (nSPS) is 25.9. The summed E-state index contributed by atoms with van der Waals surface area (Å²) < 4.78 is 0. The van der Waals surface area contributed by atoms with Gasteiger partial charge in [-0.1, -0.05) is 19.8 Å². The van der Waals surface area contributed by atoms with Gasteiger partial charge in [0.2, 0.25) is 5.91 Å². The molecule has 0 spiro atoms. The monoisotopic (exact) mass is 213 g/mol. The van der Waals surface area contributed by atoms with Gasteiger partial charge in [-0.15, -0.1) is 0 Å². The molecule has 15 heavy (non-hydrogen) atoms. The predicted molar refractivity (Wildman–Crippen MR) is 61.3 cm³/mol. The fourth-order valence-corrected chi connectivity index (χ4v) is 2.28. The van der Waals surface area contributed by atoms with Crippen molar-refractivity contribution in [1.82, 2.24) is 4.90 Å². The maximum absolute atomic E-state index is 10.9. The average molecular weight is 213 g/mol. The second kappa shape index (κ2) is 6.08. The summed E-state index contributed by atoms with van der Waals surface area (Å²) in [5.41, 5.74) is 10.9. The first-order valence-electron chi connectivity index (χ1n) is 5.94. The van der Waals surface area contributed by atoms with Crippen LogP contribution in [-0.4, -0.2) is 36.0 Å².